The fourth-order valence-corrected chi connectivity index (χ4v) is 4.22. The van der Waals surface area contributed by atoms with Gasteiger partial charge in [0.15, 0.2) is 5.13 Å². The first-order valence-corrected chi connectivity index (χ1v) is 10.8. The summed E-state index contributed by atoms with van der Waals surface area (Å²) < 4.78 is 0. The van der Waals surface area contributed by atoms with Gasteiger partial charge in [-0.25, -0.2) is 15.0 Å². The maximum atomic E-state index is 12.6. The van der Waals surface area contributed by atoms with Crippen molar-refractivity contribution in [2.45, 2.75) is 17.2 Å². The Morgan fingerprint density at radius 1 is 0.966 bits per heavy atom. The average Bonchev–Trinajstić information content (AvgIpc) is 3.23. The molecule has 2 heterocycles. The quantitative estimate of drug-likeness (QED) is 0.336. The molecule has 0 spiro atoms. The summed E-state index contributed by atoms with van der Waals surface area (Å²) in [6, 6.07) is 21.7. The fraction of sp³-hybridized carbons (Fsp3) is 0.0909. The number of thioether (sulfide) groups is 1. The van der Waals surface area contributed by atoms with Crippen molar-refractivity contribution in [3.63, 3.8) is 0 Å². The first kappa shape index (κ1) is 19.3. The highest BCUT2D eigenvalue weighted by Crippen LogP contribution is 2.28. The van der Waals surface area contributed by atoms with E-state index in [-0.39, 0.29) is 11.2 Å². The third-order valence-corrected chi connectivity index (χ3v) is 5.97. The zero-order valence-corrected chi connectivity index (χ0v) is 17.3. The van der Waals surface area contributed by atoms with Gasteiger partial charge in [0, 0.05) is 16.5 Å². The minimum absolute atomic E-state index is 0.108. The van der Waals surface area contributed by atoms with E-state index in [0.717, 1.165) is 27.5 Å². The Hall–Kier alpha value is -3.03. The van der Waals surface area contributed by atoms with Crippen molar-refractivity contribution in [3.05, 3.63) is 78.4 Å². The fourth-order valence-electron chi connectivity index (χ4n) is 2.69. The number of amides is 1. The van der Waals surface area contributed by atoms with E-state index in [9.17, 15) is 4.79 Å². The molecule has 0 aliphatic heterocycles. The van der Waals surface area contributed by atoms with Crippen molar-refractivity contribution in [3.8, 4) is 22.5 Å². The number of carbonyl (C=O) groups excluding carboxylic acids is 1. The van der Waals surface area contributed by atoms with Gasteiger partial charge < -0.3 is 5.32 Å². The number of thiazole rings is 1. The second kappa shape index (κ2) is 8.98. The number of benzene rings is 2. The molecule has 0 saturated carbocycles. The highest BCUT2D eigenvalue weighted by molar-refractivity contribution is 8.00. The summed E-state index contributed by atoms with van der Waals surface area (Å²) in [5.74, 6) is -0.108. The normalized spacial score (nSPS) is 11.8. The summed E-state index contributed by atoms with van der Waals surface area (Å²) in [7, 11) is 0. The molecule has 0 radical (unpaired) electrons. The first-order chi connectivity index (χ1) is 14.2. The Morgan fingerprint density at radius 3 is 2.31 bits per heavy atom. The number of nitrogens with one attached hydrogen (secondary N) is 1. The van der Waals surface area contributed by atoms with E-state index in [1.165, 1.54) is 29.4 Å². The zero-order chi connectivity index (χ0) is 20.1. The maximum absolute atomic E-state index is 12.6. The molecule has 1 unspecified atom stereocenters. The van der Waals surface area contributed by atoms with Crippen molar-refractivity contribution in [1.82, 2.24) is 15.0 Å². The summed E-state index contributed by atoms with van der Waals surface area (Å²) in [5, 5.41) is 5.87. The number of anilines is 1. The molecule has 4 aromatic rings. The Labute approximate surface area is 177 Å². The molecule has 5 nitrogen and oxygen atoms in total. The SMILES string of the molecule is CC(Sc1cc(-c2ccccc2)ncn1)C(=O)Nc1nc(-c2ccccc2)cs1. The highest BCUT2D eigenvalue weighted by Gasteiger charge is 2.17. The maximum Gasteiger partial charge on any atom is 0.239 e. The first-order valence-electron chi connectivity index (χ1n) is 9.05. The van der Waals surface area contributed by atoms with E-state index in [1.807, 2.05) is 79.0 Å². The van der Waals surface area contributed by atoms with Gasteiger partial charge in [0.2, 0.25) is 5.91 Å². The van der Waals surface area contributed by atoms with Crippen molar-refractivity contribution in [2.24, 2.45) is 0 Å². The average molecular weight is 419 g/mol. The number of nitrogens with zero attached hydrogens (tertiary/aromatic N) is 3. The van der Waals surface area contributed by atoms with E-state index in [2.05, 4.69) is 20.3 Å². The summed E-state index contributed by atoms with van der Waals surface area (Å²) in [6.45, 7) is 1.86. The van der Waals surface area contributed by atoms with Crippen LogP contribution in [0.4, 0.5) is 5.13 Å². The van der Waals surface area contributed by atoms with E-state index in [4.69, 9.17) is 0 Å². The van der Waals surface area contributed by atoms with Gasteiger partial charge in [-0.15, -0.1) is 11.3 Å². The molecule has 144 valence electrons. The van der Waals surface area contributed by atoms with Crippen molar-refractivity contribution in [1.29, 1.82) is 0 Å². The molecule has 0 fully saturated rings. The molecule has 1 atom stereocenters. The molecule has 0 aliphatic carbocycles. The Balaban J connectivity index is 1.41. The molecule has 2 aromatic heterocycles. The Bertz CT molecular complexity index is 1100. The molecule has 4 rings (SSSR count). The third kappa shape index (κ3) is 4.88. The number of aromatic nitrogens is 3. The number of carbonyl (C=O) groups is 1. The molecule has 1 N–H and O–H groups in total. The van der Waals surface area contributed by atoms with E-state index in [1.54, 1.807) is 0 Å². The largest absolute Gasteiger partial charge is 0.301 e. The molecular weight excluding hydrogens is 400 g/mol. The van der Waals surface area contributed by atoms with Crippen LogP contribution in [0.5, 0.6) is 0 Å². The van der Waals surface area contributed by atoms with Crippen LogP contribution in [0.25, 0.3) is 22.5 Å². The van der Waals surface area contributed by atoms with Crippen LogP contribution >= 0.6 is 23.1 Å². The van der Waals surface area contributed by atoms with E-state index < -0.39 is 0 Å². The second-order valence-electron chi connectivity index (χ2n) is 6.26. The van der Waals surface area contributed by atoms with Crippen LogP contribution in [0.2, 0.25) is 0 Å². The third-order valence-electron chi connectivity index (χ3n) is 4.18. The molecule has 2 aromatic carbocycles. The lowest BCUT2D eigenvalue weighted by Gasteiger charge is -2.10. The van der Waals surface area contributed by atoms with Gasteiger partial charge in [0.25, 0.3) is 0 Å². The van der Waals surface area contributed by atoms with Crippen molar-refractivity contribution < 1.29 is 4.79 Å². The minimum Gasteiger partial charge on any atom is -0.301 e. The standard InChI is InChI=1S/C22H18N4OS2/c1-15(29-20-12-18(23-14-24-20)16-8-4-2-5-9-16)21(27)26-22-25-19(13-28-22)17-10-6-3-7-11-17/h2-15H,1H3,(H,25,26,27). The predicted octanol–water partition coefficient (Wildman–Crippen LogP) is 5.39. The van der Waals surface area contributed by atoms with Gasteiger partial charge in [-0.3, -0.25) is 4.79 Å². The van der Waals surface area contributed by atoms with Crippen LogP contribution in [0, 0.1) is 0 Å². The van der Waals surface area contributed by atoms with Gasteiger partial charge in [0.05, 0.1) is 16.6 Å². The summed E-state index contributed by atoms with van der Waals surface area (Å²) in [4.78, 5) is 25.7. The van der Waals surface area contributed by atoms with Crippen LogP contribution in [0.15, 0.2) is 83.5 Å². The summed E-state index contributed by atoms with van der Waals surface area (Å²) in [5.41, 5.74) is 3.74. The summed E-state index contributed by atoms with van der Waals surface area (Å²) in [6.07, 6.45) is 1.53. The van der Waals surface area contributed by atoms with E-state index in [0.29, 0.717) is 5.13 Å². The smallest absolute Gasteiger partial charge is 0.239 e. The topological polar surface area (TPSA) is 67.8 Å². The van der Waals surface area contributed by atoms with Gasteiger partial charge >= 0.3 is 0 Å². The Morgan fingerprint density at radius 2 is 1.62 bits per heavy atom. The Kier molecular flexibility index (Phi) is 5.97. The van der Waals surface area contributed by atoms with Gasteiger partial charge in [0.1, 0.15) is 11.4 Å². The van der Waals surface area contributed by atoms with Crippen molar-refractivity contribution >= 4 is 34.1 Å². The van der Waals surface area contributed by atoms with Crippen LogP contribution < -0.4 is 5.32 Å². The molecule has 7 heteroatoms. The lowest BCUT2D eigenvalue weighted by atomic mass is 10.1. The van der Waals surface area contributed by atoms with Crippen molar-refractivity contribution in [2.75, 3.05) is 5.32 Å². The lowest BCUT2D eigenvalue weighted by molar-refractivity contribution is -0.115. The summed E-state index contributed by atoms with van der Waals surface area (Å²) >= 11 is 2.81. The zero-order valence-electron chi connectivity index (χ0n) is 15.6. The van der Waals surface area contributed by atoms with E-state index >= 15 is 0 Å². The number of hydrogen-bond donors (Lipinski definition) is 1. The highest BCUT2D eigenvalue weighted by atomic mass is 32.2. The van der Waals surface area contributed by atoms with Crippen LogP contribution in [-0.2, 0) is 4.79 Å². The molecule has 0 aliphatic rings. The minimum atomic E-state index is -0.322. The monoisotopic (exact) mass is 418 g/mol. The molecule has 29 heavy (non-hydrogen) atoms. The number of hydrogen-bond acceptors (Lipinski definition) is 6. The molecule has 0 bridgehead atoms. The predicted molar refractivity (Wildman–Crippen MR) is 119 cm³/mol. The molecule has 1 amide bonds. The van der Waals surface area contributed by atoms with Gasteiger partial charge in [-0.05, 0) is 13.0 Å². The van der Waals surface area contributed by atoms with Crippen LogP contribution in [-0.4, -0.2) is 26.1 Å². The second-order valence-corrected chi connectivity index (χ2v) is 8.48. The number of rotatable bonds is 6. The molecule has 0 saturated heterocycles. The van der Waals surface area contributed by atoms with Gasteiger partial charge in [-0.2, -0.15) is 0 Å². The van der Waals surface area contributed by atoms with Crippen LogP contribution in [0.1, 0.15) is 6.92 Å². The van der Waals surface area contributed by atoms with Crippen LogP contribution in [0.3, 0.4) is 0 Å². The molecular formula is C22H18N4OS2. The van der Waals surface area contributed by atoms with Gasteiger partial charge in [-0.1, -0.05) is 72.4 Å². The lowest BCUT2D eigenvalue weighted by Crippen LogP contribution is -2.22.